The number of halogens is 2. The first-order valence-electron chi connectivity index (χ1n) is 11.3. The molecule has 0 aliphatic heterocycles. The van der Waals surface area contributed by atoms with Gasteiger partial charge in [-0.25, -0.2) is 13.6 Å². The van der Waals surface area contributed by atoms with Gasteiger partial charge in [0.25, 0.3) is 5.92 Å². The van der Waals surface area contributed by atoms with Gasteiger partial charge in [-0.15, -0.1) is 4.68 Å². The number of nitrogen functional groups attached to an aromatic ring is 1. The van der Waals surface area contributed by atoms with Crippen LogP contribution in [0.4, 0.5) is 19.5 Å². The summed E-state index contributed by atoms with van der Waals surface area (Å²) in [5, 5.41) is 16.8. The highest BCUT2D eigenvalue weighted by atomic mass is 19.3. The van der Waals surface area contributed by atoms with Crippen molar-refractivity contribution in [3.05, 3.63) is 84.7 Å². The molecule has 1 fully saturated rings. The summed E-state index contributed by atoms with van der Waals surface area (Å²) in [7, 11) is 0. The fourth-order valence-corrected chi connectivity index (χ4v) is 5.02. The Bertz CT molecular complexity index is 1630. The van der Waals surface area contributed by atoms with Crippen molar-refractivity contribution in [2.75, 3.05) is 5.73 Å². The van der Waals surface area contributed by atoms with Gasteiger partial charge in [0, 0.05) is 29.7 Å². The molecule has 3 aromatic heterocycles. The number of nitrogens with zero attached hydrogens (tertiary/aromatic N) is 4. The number of anilines is 1. The third-order valence-electron chi connectivity index (χ3n) is 6.66. The Morgan fingerprint density at radius 3 is 2.44 bits per heavy atom. The van der Waals surface area contributed by atoms with Crippen LogP contribution < -0.4 is 15.5 Å². The van der Waals surface area contributed by atoms with Gasteiger partial charge in [0.1, 0.15) is 5.69 Å². The molecule has 1 aliphatic carbocycles. The lowest BCUT2D eigenvalue weighted by Gasteiger charge is -2.47. The van der Waals surface area contributed by atoms with Gasteiger partial charge in [0.2, 0.25) is 5.65 Å². The summed E-state index contributed by atoms with van der Waals surface area (Å²) < 4.78 is 30.9. The number of benzene rings is 2. The van der Waals surface area contributed by atoms with Crippen molar-refractivity contribution in [2.24, 2.45) is 0 Å². The Balaban J connectivity index is 1.47. The van der Waals surface area contributed by atoms with E-state index in [4.69, 9.17) is 5.73 Å². The van der Waals surface area contributed by atoms with Crippen molar-refractivity contribution in [1.82, 2.24) is 20.1 Å². The molecule has 0 radical (unpaired) electrons. The van der Waals surface area contributed by atoms with Gasteiger partial charge in [-0.05, 0) is 35.4 Å². The predicted molar refractivity (Wildman–Crippen MR) is 129 cm³/mol. The zero-order valence-corrected chi connectivity index (χ0v) is 18.9. The minimum Gasteiger partial charge on any atom is -0.465 e. The maximum Gasteiger partial charge on any atom is 0.405 e. The van der Waals surface area contributed by atoms with E-state index in [2.05, 4.69) is 15.4 Å². The van der Waals surface area contributed by atoms with Gasteiger partial charge in [-0.3, -0.25) is 4.98 Å². The second-order valence-electron chi connectivity index (χ2n) is 9.07. The van der Waals surface area contributed by atoms with Crippen LogP contribution in [0.5, 0.6) is 0 Å². The van der Waals surface area contributed by atoms with E-state index < -0.39 is 30.4 Å². The topological polar surface area (TPSA) is 110 Å². The lowest BCUT2D eigenvalue weighted by atomic mass is 9.69. The molecule has 5 aromatic rings. The number of hydrogen-bond acceptors (Lipinski definition) is 4. The van der Waals surface area contributed by atoms with Gasteiger partial charge in [-0.1, -0.05) is 42.5 Å². The van der Waals surface area contributed by atoms with Crippen molar-refractivity contribution >= 4 is 28.6 Å². The molecule has 180 valence electrons. The quantitative estimate of drug-likeness (QED) is 0.328. The van der Waals surface area contributed by atoms with Gasteiger partial charge >= 0.3 is 12.0 Å². The summed E-state index contributed by atoms with van der Waals surface area (Å²) in [5.74, 6) is -2.64. The number of amides is 1. The zero-order valence-electron chi connectivity index (χ0n) is 18.9. The van der Waals surface area contributed by atoms with Gasteiger partial charge in [-0.2, -0.15) is 4.40 Å². The van der Waals surface area contributed by atoms with Gasteiger partial charge < -0.3 is 16.2 Å². The van der Waals surface area contributed by atoms with Crippen LogP contribution in [0.2, 0.25) is 0 Å². The standard InChI is InChI=1S/C26H20F2N6O2/c27-26(28)14-25(15-26,31-24(35)36)18-6-8-19(9-7-18)34-22-20-12-17(16-4-2-1-3-5-16)13-30-21(20)10-11-33(22)23(29)32-34/h1-13,31H,14-15H2,(H2-,29,32,35,36)/p+1. The minimum atomic E-state index is -2.91. The first-order chi connectivity index (χ1) is 17.2. The summed E-state index contributed by atoms with van der Waals surface area (Å²) in [5.41, 5.74) is 9.41. The first-order valence-corrected chi connectivity index (χ1v) is 11.3. The lowest BCUT2D eigenvalue weighted by molar-refractivity contribution is -0.494. The van der Waals surface area contributed by atoms with Crippen LogP contribution >= 0.6 is 0 Å². The van der Waals surface area contributed by atoms with Crippen molar-refractivity contribution in [3.63, 3.8) is 0 Å². The predicted octanol–water partition coefficient (Wildman–Crippen LogP) is 4.30. The number of fused-ring (bicyclic) bond motifs is 3. The number of nitrogens with one attached hydrogen (secondary N) is 1. The maximum atomic E-state index is 13.7. The summed E-state index contributed by atoms with van der Waals surface area (Å²) >= 11 is 0. The molecule has 0 bridgehead atoms. The number of carboxylic acid groups (broad SMARTS) is 1. The van der Waals surface area contributed by atoms with Crippen LogP contribution in [0, 0.1) is 0 Å². The lowest BCUT2D eigenvalue weighted by Crippen LogP contribution is -2.59. The molecule has 6 rings (SSSR count). The van der Waals surface area contributed by atoms with Crippen LogP contribution in [0.3, 0.4) is 0 Å². The average molecular weight is 487 g/mol. The van der Waals surface area contributed by atoms with Crippen LogP contribution in [0.15, 0.2) is 79.1 Å². The molecular formula is C26H21F2N6O2+. The summed E-state index contributed by atoms with van der Waals surface area (Å²) in [6.45, 7) is 0. The van der Waals surface area contributed by atoms with E-state index in [1.165, 1.54) is 0 Å². The molecule has 0 unspecified atom stereocenters. The molecule has 4 N–H and O–H groups in total. The second-order valence-corrected chi connectivity index (χ2v) is 9.07. The third-order valence-corrected chi connectivity index (χ3v) is 6.66. The van der Waals surface area contributed by atoms with Crippen molar-refractivity contribution in [1.29, 1.82) is 0 Å². The molecule has 2 aromatic carbocycles. The second kappa shape index (κ2) is 7.70. The van der Waals surface area contributed by atoms with E-state index in [-0.39, 0.29) is 5.95 Å². The molecule has 0 spiro atoms. The number of hydrogen-bond donors (Lipinski definition) is 3. The number of carbonyl (C=O) groups is 1. The Morgan fingerprint density at radius 1 is 1.06 bits per heavy atom. The molecule has 3 heterocycles. The van der Waals surface area contributed by atoms with E-state index in [1.54, 1.807) is 39.5 Å². The van der Waals surface area contributed by atoms with E-state index in [9.17, 15) is 18.7 Å². The van der Waals surface area contributed by atoms with E-state index in [0.29, 0.717) is 16.9 Å². The Hall–Kier alpha value is -4.60. The maximum absolute atomic E-state index is 13.7. The molecule has 36 heavy (non-hydrogen) atoms. The average Bonchev–Trinajstić information content (AvgIpc) is 3.19. The third kappa shape index (κ3) is 3.49. The highest BCUT2D eigenvalue weighted by Crippen LogP contribution is 2.51. The number of pyridine rings is 2. The van der Waals surface area contributed by atoms with Crippen LogP contribution in [0.1, 0.15) is 18.4 Å². The Labute approximate surface area is 203 Å². The fourth-order valence-electron chi connectivity index (χ4n) is 5.02. The normalized spacial score (nSPS) is 16.1. The van der Waals surface area contributed by atoms with Crippen LogP contribution in [0.25, 0.3) is 33.4 Å². The van der Waals surface area contributed by atoms with Gasteiger partial charge in [0.05, 0.1) is 22.6 Å². The molecule has 0 saturated heterocycles. The molecule has 8 nitrogen and oxygen atoms in total. The van der Waals surface area contributed by atoms with Crippen molar-refractivity contribution in [2.45, 2.75) is 24.3 Å². The first kappa shape index (κ1) is 21.9. The van der Waals surface area contributed by atoms with Crippen molar-refractivity contribution in [3.8, 4) is 16.8 Å². The number of alkyl halides is 2. The molecular weight excluding hydrogens is 466 g/mol. The van der Waals surface area contributed by atoms with E-state index in [0.717, 1.165) is 22.0 Å². The number of aromatic nitrogens is 4. The van der Waals surface area contributed by atoms with Gasteiger partial charge in [0.15, 0.2) is 0 Å². The van der Waals surface area contributed by atoms with E-state index >= 15 is 0 Å². The highest BCUT2D eigenvalue weighted by molar-refractivity contribution is 5.93. The number of rotatable bonds is 4. The van der Waals surface area contributed by atoms with Crippen LogP contribution in [-0.2, 0) is 5.54 Å². The monoisotopic (exact) mass is 487 g/mol. The number of nitrogens with two attached hydrogens (primary N) is 1. The fraction of sp³-hybridized carbons (Fsp3) is 0.154. The minimum absolute atomic E-state index is 0.267. The zero-order chi connectivity index (χ0) is 25.1. The van der Waals surface area contributed by atoms with E-state index in [1.807, 2.05) is 48.7 Å². The van der Waals surface area contributed by atoms with Crippen LogP contribution in [-0.4, -0.2) is 31.9 Å². The summed E-state index contributed by atoms with van der Waals surface area (Å²) in [4.78, 5) is 15.9. The largest absolute Gasteiger partial charge is 0.465 e. The Morgan fingerprint density at radius 2 is 1.78 bits per heavy atom. The summed E-state index contributed by atoms with van der Waals surface area (Å²) in [6, 6.07) is 20.5. The molecule has 1 amide bonds. The molecule has 10 heteroatoms. The Kier molecular flexibility index (Phi) is 4.69. The van der Waals surface area contributed by atoms with Crippen molar-refractivity contribution < 1.29 is 23.1 Å². The SMILES string of the molecule is Nc1nn(-c2ccc(C3(NC(=O)O)CC(F)(F)C3)cc2)c2c3cc(-c4ccccc4)cnc3cc[n+]12. The molecule has 0 atom stereocenters. The molecule has 1 saturated carbocycles. The molecule has 1 aliphatic rings. The summed E-state index contributed by atoms with van der Waals surface area (Å²) in [6.07, 6.45) is 1.10. The smallest absolute Gasteiger partial charge is 0.405 e. The highest BCUT2D eigenvalue weighted by Gasteiger charge is 2.58.